The van der Waals surface area contributed by atoms with Crippen molar-refractivity contribution in [3.8, 4) is 16.9 Å². The average Bonchev–Trinajstić information content (AvgIpc) is 3.71. The van der Waals surface area contributed by atoms with Crippen LogP contribution < -0.4 is 4.74 Å². The van der Waals surface area contributed by atoms with Crippen LogP contribution in [0, 0.1) is 17.5 Å². The van der Waals surface area contributed by atoms with Gasteiger partial charge in [0.2, 0.25) is 0 Å². The molecule has 0 radical (unpaired) electrons. The number of benzene rings is 3. The molecule has 0 spiro atoms. The highest BCUT2D eigenvalue weighted by Gasteiger charge is 2.28. The van der Waals surface area contributed by atoms with E-state index in [1.807, 2.05) is 0 Å². The van der Waals surface area contributed by atoms with E-state index < -0.39 is 23.4 Å². The Hall–Kier alpha value is -3.16. The Bertz CT molecular complexity index is 1230. The largest absolute Gasteiger partial charge is 0.423 e. The molecule has 5 rings (SSSR count). The van der Waals surface area contributed by atoms with Gasteiger partial charge in [0, 0.05) is 24.3 Å². The molecule has 1 aliphatic carbocycles. The summed E-state index contributed by atoms with van der Waals surface area (Å²) < 4.78 is 59.8. The van der Waals surface area contributed by atoms with Crippen LogP contribution in [0.25, 0.3) is 11.1 Å². The molecule has 4 nitrogen and oxygen atoms in total. The SMILES string of the molecule is COC1CCC(c2ccc(-c3ccc(C(=O)Oc4ccc(C5CO5)c(F)c4)cc3)c(F)c2F)CC1. The third-order valence-electron chi connectivity index (χ3n) is 6.85. The molecule has 0 amide bonds. The standard InChI is InChI=1S/C28H25F3O4/c1-33-19-8-6-17(7-9-19)22-13-12-21(26(30)27(22)31)16-2-4-18(5-3-16)28(32)35-20-10-11-23(24(29)14-20)25-15-34-25/h2-5,10-14,17,19,25H,6-9,15H2,1H3. The number of carbonyl (C=O) groups excluding carboxylic acids is 1. The predicted molar refractivity (Wildman–Crippen MR) is 124 cm³/mol. The summed E-state index contributed by atoms with van der Waals surface area (Å²) in [5.74, 6) is -2.86. The summed E-state index contributed by atoms with van der Waals surface area (Å²) in [5, 5.41) is 0. The van der Waals surface area contributed by atoms with Gasteiger partial charge in [0.25, 0.3) is 0 Å². The van der Waals surface area contributed by atoms with Gasteiger partial charge < -0.3 is 14.2 Å². The van der Waals surface area contributed by atoms with Gasteiger partial charge in [-0.3, -0.25) is 0 Å². The Balaban J connectivity index is 1.29. The molecule has 0 aromatic heterocycles. The van der Waals surface area contributed by atoms with Gasteiger partial charge in [-0.25, -0.2) is 18.0 Å². The fourth-order valence-electron chi connectivity index (χ4n) is 4.72. The Morgan fingerprint density at radius 3 is 2.20 bits per heavy atom. The second kappa shape index (κ2) is 9.84. The van der Waals surface area contributed by atoms with E-state index in [4.69, 9.17) is 14.2 Å². The number of carbonyl (C=O) groups is 1. The first-order chi connectivity index (χ1) is 16.9. The van der Waals surface area contributed by atoms with Gasteiger partial charge in [0.15, 0.2) is 11.6 Å². The normalized spacial score (nSPS) is 21.5. The van der Waals surface area contributed by atoms with E-state index in [-0.39, 0.29) is 35.0 Å². The zero-order chi connectivity index (χ0) is 24.5. The monoisotopic (exact) mass is 482 g/mol. The number of halogens is 3. The smallest absolute Gasteiger partial charge is 0.343 e. The van der Waals surface area contributed by atoms with Crippen molar-refractivity contribution >= 4 is 5.97 Å². The lowest BCUT2D eigenvalue weighted by Gasteiger charge is -2.28. The quantitative estimate of drug-likeness (QED) is 0.222. The van der Waals surface area contributed by atoms with E-state index in [0.29, 0.717) is 23.3 Å². The van der Waals surface area contributed by atoms with E-state index in [9.17, 15) is 18.0 Å². The molecule has 2 aliphatic rings. The van der Waals surface area contributed by atoms with Crippen LogP contribution in [0.1, 0.15) is 59.2 Å². The minimum absolute atomic E-state index is 0.0298. The Kier molecular flexibility index (Phi) is 6.62. The first-order valence-corrected chi connectivity index (χ1v) is 11.7. The van der Waals surface area contributed by atoms with Crippen LogP contribution in [-0.2, 0) is 9.47 Å². The second-order valence-corrected chi connectivity index (χ2v) is 9.01. The third-order valence-corrected chi connectivity index (χ3v) is 6.85. The van der Waals surface area contributed by atoms with Crippen molar-refractivity contribution in [2.45, 2.75) is 43.8 Å². The van der Waals surface area contributed by atoms with Crippen LogP contribution in [-0.4, -0.2) is 25.8 Å². The molecule has 7 heteroatoms. The van der Waals surface area contributed by atoms with Crippen LogP contribution in [0.15, 0.2) is 54.6 Å². The van der Waals surface area contributed by atoms with Gasteiger partial charge in [0.1, 0.15) is 17.7 Å². The maximum Gasteiger partial charge on any atom is 0.343 e. The van der Waals surface area contributed by atoms with Crippen molar-refractivity contribution in [2.75, 3.05) is 13.7 Å². The molecule has 3 aromatic carbocycles. The Morgan fingerprint density at radius 2 is 1.57 bits per heavy atom. The van der Waals surface area contributed by atoms with E-state index in [1.165, 1.54) is 36.4 Å². The zero-order valence-corrected chi connectivity index (χ0v) is 19.2. The first kappa shape index (κ1) is 23.6. The van der Waals surface area contributed by atoms with Crippen LogP contribution in [0.3, 0.4) is 0 Å². The number of hydrogen-bond donors (Lipinski definition) is 0. The Morgan fingerprint density at radius 1 is 0.886 bits per heavy atom. The van der Waals surface area contributed by atoms with E-state index in [2.05, 4.69) is 0 Å². The highest BCUT2D eigenvalue weighted by atomic mass is 19.2. The lowest BCUT2D eigenvalue weighted by molar-refractivity contribution is 0.0655. The Labute approximate surface area is 201 Å². The molecule has 182 valence electrons. The maximum absolute atomic E-state index is 15.0. The molecular formula is C28H25F3O4. The summed E-state index contributed by atoms with van der Waals surface area (Å²) in [6.45, 7) is 0.477. The van der Waals surface area contributed by atoms with Gasteiger partial charge >= 0.3 is 5.97 Å². The molecule has 1 unspecified atom stereocenters. The highest BCUT2D eigenvalue weighted by Crippen LogP contribution is 2.38. The summed E-state index contributed by atoms with van der Waals surface area (Å²) in [4.78, 5) is 12.5. The number of rotatable bonds is 6. The van der Waals surface area contributed by atoms with E-state index in [1.54, 1.807) is 19.2 Å². The van der Waals surface area contributed by atoms with Crippen LogP contribution in [0.5, 0.6) is 5.75 Å². The maximum atomic E-state index is 15.0. The van der Waals surface area contributed by atoms with Crippen molar-refractivity contribution in [1.29, 1.82) is 0 Å². The predicted octanol–water partition coefficient (Wildman–Crippen LogP) is 6.73. The van der Waals surface area contributed by atoms with Crippen LogP contribution in [0.2, 0.25) is 0 Å². The lowest BCUT2D eigenvalue weighted by Crippen LogP contribution is -2.20. The van der Waals surface area contributed by atoms with E-state index >= 15 is 0 Å². The molecule has 2 fully saturated rings. The molecule has 1 atom stereocenters. The zero-order valence-electron chi connectivity index (χ0n) is 19.2. The molecule has 3 aromatic rings. The van der Waals surface area contributed by atoms with Gasteiger partial charge in [-0.2, -0.15) is 0 Å². The summed E-state index contributed by atoms with van der Waals surface area (Å²) >= 11 is 0. The molecule has 0 N–H and O–H groups in total. The fraction of sp³-hybridized carbons (Fsp3) is 0.321. The molecule has 0 bridgehead atoms. The first-order valence-electron chi connectivity index (χ1n) is 11.7. The summed E-state index contributed by atoms with van der Waals surface area (Å²) in [6, 6.07) is 13.4. The minimum Gasteiger partial charge on any atom is -0.423 e. The highest BCUT2D eigenvalue weighted by molar-refractivity contribution is 5.91. The molecule has 1 saturated carbocycles. The van der Waals surface area contributed by atoms with Crippen molar-refractivity contribution < 1.29 is 32.2 Å². The summed E-state index contributed by atoms with van der Waals surface area (Å²) in [6.07, 6.45) is 3.11. The molecule has 1 saturated heterocycles. The number of hydrogen-bond acceptors (Lipinski definition) is 4. The molecule has 1 heterocycles. The molecule has 35 heavy (non-hydrogen) atoms. The fourth-order valence-corrected chi connectivity index (χ4v) is 4.72. The van der Waals surface area contributed by atoms with Crippen molar-refractivity contribution in [3.05, 3.63) is 88.7 Å². The van der Waals surface area contributed by atoms with Crippen molar-refractivity contribution in [3.63, 3.8) is 0 Å². The second-order valence-electron chi connectivity index (χ2n) is 9.01. The summed E-state index contributed by atoms with van der Waals surface area (Å²) in [7, 11) is 1.67. The lowest BCUT2D eigenvalue weighted by atomic mass is 9.82. The van der Waals surface area contributed by atoms with Gasteiger partial charge in [-0.1, -0.05) is 24.3 Å². The topological polar surface area (TPSA) is 48.1 Å². The van der Waals surface area contributed by atoms with E-state index in [0.717, 1.165) is 31.7 Å². The van der Waals surface area contributed by atoms with Crippen LogP contribution >= 0.6 is 0 Å². The van der Waals surface area contributed by atoms with Gasteiger partial charge in [0.05, 0.1) is 18.3 Å². The number of methoxy groups -OCH3 is 1. The number of epoxide rings is 1. The van der Waals surface area contributed by atoms with Crippen molar-refractivity contribution in [1.82, 2.24) is 0 Å². The average molecular weight is 482 g/mol. The summed E-state index contributed by atoms with van der Waals surface area (Å²) in [5.41, 5.74) is 1.59. The van der Waals surface area contributed by atoms with Crippen LogP contribution in [0.4, 0.5) is 13.2 Å². The third kappa shape index (κ3) is 4.97. The van der Waals surface area contributed by atoms with Crippen molar-refractivity contribution in [2.24, 2.45) is 0 Å². The van der Waals surface area contributed by atoms with Gasteiger partial charge in [-0.15, -0.1) is 0 Å². The number of ether oxygens (including phenoxy) is 3. The molecular weight excluding hydrogens is 457 g/mol. The minimum atomic E-state index is -0.901. The molecule has 1 aliphatic heterocycles. The van der Waals surface area contributed by atoms with Gasteiger partial charge in [-0.05, 0) is 67.0 Å². The number of esters is 1.